The smallest absolute Gasteiger partial charge is 0.246 e. The van der Waals surface area contributed by atoms with E-state index in [1.54, 1.807) is 6.92 Å². The highest BCUT2D eigenvalue weighted by molar-refractivity contribution is 6.01. The number of rotatable bonds is 3. The first-order valence-electron chi connectivity index (χ1n) is 8.59. The summed E-state index contributed by atoms with van der Waals surface area (Å²) in [5.74, 6) is 0.543. The highest BCUT2D eigenvalue weighted by atomic mass is 16.4. The van der Waals surface area contributed by atoms with E-state index in [1.165, 1.54) is 0 Å². The molecule has 4 rings (SSSR count). The summed E-state index contributed by atoms with van der Waals surface area (Å²) in [6.45, 7) is 5.89. The van der Waals surface area contributed by atoms with Gasteiger partial charge in [-0.05, 0) is 67.3 Å². The van der Waals surface area contributed by atoms with Crippen molar-refractivity contribution in [3.63, 3.8) is 0 Å². The van der Waals surface area contributed by atoms with E-state index in [2.05, 4.69) is 23.1 Å². The summed E-state index contributed by atoms with van der Waals surface area (Å²) in [6.07, 6.45) is 0.813. The van der Waals surface area contributed by atoms with Gasteiger partial charge in [0.15, 0.2) is 5.58 Å². The van der Waals surface area contributed by atoms with Gasteiger partial charge in [0.25, 0.3) is 0 Å². The van der Waals surface area contributed by atoms with Crippen molar-refractivity contribution in [2.75, 3.05) is 0 Å². The molecule has 2 heterocycles. The van der Waals surface area contributed by atoms with E-state index in [9.17, 15) is 0 Å². The van der Waals surface area contributed by atoms with Crippen molar-refractivity contribution < 1.29 is 9.62 Å². The summed E-state index contributed by atoms with van der Waals surface area (Å²) >= 11 is 0. The molecule has 130 valence electrons. The van der Waals surface area contributed by atoms with Crippen molar-refractivity contribution in [3.05, 3.63) is 59.2 Å². The molecule has 0 aliphatic heterocycles. The van der Waals surface area contributed by atoms with Crippen LogP contribution in [0.25, 0.3) is 33.6 Å². The van der Waals surface area contributed by atoms with Gasteiger partial charge < -0.3 is 9.62 Å². The molecule has 1 N–H and O–H groups in total. The van der Waals surface area contributed by atoms with Crippen molar-refractivity contribution in [1.29, 1.82) is 0 Å². The maximum atomic E-state index is 8.99. The zero-order valence-electron chi connectivity index (χ0n) is 14.9. The third-order valence-corrected chi connectivity index (χ3v) is 4.59. The van der Waals surface area contributed by atoms with Crippen molar-refractivity contribution in [2.45, 2.75) is 27.2 Å². The van der Waals surface area contributed by atoms with Crippen molar-refractivity contribution in [2.24, 2.45) is 5.16 Å². The Morgan fingerprint density at radius 3 is 2.69 bits per heavy atom. The van der Waals surface area contributed by atoms with Crippen LogP contribution in [0.3, 0.4) is 0 Å². The van der Waals surface area contributed by atoms with Gasteiger partial charge in [-0.3, -0.25) is 0 Å². The van der Waals surface area contributed by atoms with Crippen LogP contribution in [0.15, 0.2) is 52.0 Å². The standard InChI is InChI=1S/C21H19N3O2/c1-4-14-10-16-11-15(13(3)24-25)6-7-17(16)22-20(14)21-23-18-9-12(2)5-8-19(18)26-21/h5-11,25H,4H2,1-3H3/b24-13+. The van der Waals surface area contributed by atoms with E-state index < -0.39 is 0 Å². The second kappa shape index (κ2) is 6.26. The van der Waals surface area contributed by atoms with Gasteiger partial charge in [0.1, 0.15) is 11.2 Å². The molecule has 0 fully saturated rings. The molecule has 26 heavy (non-hydrogen) atoms. The first kappa shape index (κ1) is 16.3. The molecule has 4 aromatic rings. The Morgan fingerprint density at radius 1 is 1.08 bits per heavy atom. The molecular weight excluding hydrogens is 326 g/mol. The monoisotopic (exact) mass is 345 g/mol. The number of aromatic nitrogens is 2. The predicted octanol–water partition coefficient (Wildman–Crippen LogP) is 5.11. The van der Waals surface area contributed by atoms with E-state index in [4.69, 9.17) is 14.6 Å². The number of aryl methyl sites for hydroxylation is 2. The van der Waals surface area contributed by atoms with Gasteiger partial charge in [-0.1, -0.05) is 24.2 Å². The Hall–Kier alpha value is -3.21. The summed E-state index contributed by atoms with van der Waals surface area (Å²) in [4.78, 5) is 9.44. The highest BCUT2D eigenvalue weighted by Crippen LogP contribution is 2.29. The minimum Gasteiger partial charge on any atom is -0.435 e. The van der Waals surface area contributed by atoms with Gasteiger partial charge in [-0.2, -0.15) is 0 Å². The van der Waals surface area contributed by atoms with Crippen LogP contribution in [0.4, 0.5) is 0 Å². The topological polar surface area (TPSA) is 71.5 Å². The molecule has 2 aromatic carbocycles. The van der Waals surface area contributed by atoms with Gasteiger partial charge in [-0.15, -0.1) is 0 Å². The molecule has 2 aromatic heterocycles. The Morgan fingerprint density at radius 2 is 1.92 bits per heavy atom. The van der Waals surface area contributed by atoms with Crippen molar-refractivity contribution in [1.82, 2.24) is 9.97 Å². The van der Waals surface area contributed by atoms with Gasteiger partial charge in [0.05, 0.1) is 11.2 Å². The van der Waals surface area contributed by atoms with Gasteiger partial charge in [-0.25, -0.2) is 9.97 Å². The molecule has 0 atom stereocenters. The quantitative estimate of drug-likeness (QED) is 0.318. The van der Waals surface area contributed by atoms with E-state index in [0.29, 0.717) is 11.6 Å². The lowest BCUT2D eigenvalue weighted by atomic mass is 10.0. The number of hydrogen-bond acceptors (Lipinski definition) is 5. The third-order valence-electron chi connectivity index (χ3n) is 4.59. The molecule has 0 unspecified atom stereocenters. The molecule has 0 aliphatic carbocycles. The normalized spacial score (nSPS) is 12.2. The van der Waals surface area contributed by atoms with Crippen molar-refractivity contribution in [3.8, 4) is 11.6 Å². The van der Waals surface area contributed by atoms with E-state index in [0.717, 1.165) is 50.8 Å². The Kier molecular flexibility index (Phi) is 3.92. The molecule has 0 saturated heterocycles. The van der Waals surface area contributed by atoms with Crippen LogP contribution in [0.5, 0.6) is 0 Å². The number of oxazole rings is 1. The van der Waals surface area contributed by atoms with Crippen LogP contribution in [-0.2, 0) is 6.42 Å². The minimum atomic E-state index is 0.543. The van der Waals surface area contributed by atoms with Crippen LogP contribution in [-0.4, -0.2) is 20.9 Å². The number of fused-ring (bicyclic) bond motifs is 2. The van der Waals surface area contributed by atoms with Crippen LogP contribution >= 0.6 is 0 Å². The number of hydrogen-bond donors (Lipinski definition) is 1. The number of nitrogens with zero attached hydrogens (tertiary/aromatic N) is 3. The molecule has 5 nitrogen and oxygen atoms in total. The lowest BCUT2D eigenvalue weighted by molar-refractivity contribution is 0.319. The first-order chi connectivity index (χ1) is 12.6. The minimum absolute atomic E-state index is 0.543. The SMILES string of the molecule is CCc1cc2cc(/C(C)=N/O)ccc2nc1-c1nc2cc(C)ccc2o1. The number of oxime groups is 1. The largest absolute Gasteiger partial charge is 0.435 e. The predicted molar refractivity (Wildman–Crippen MR) is 103 cm³/mol. The number of benzene rings is 2. The maximum Gasteiger partial charge on any atom is 0.246 e. The first-order valence-corrected chi connectivity index (χ1v) is 8.59. The lowest BCUT2D eigenvalue weighted by Gasteiger charge is -2.08. The molecule has 0 spiro atoms. The van der Waals surface area contributed by atoms with Crippen LogP contribution < -0.4 is 0 Å². The third kappa shape index (κ3) is 2.71. The zero-order chi connectivity index (χ0) is 18.3. The fourth-order valence-corrected chi connectivity index (χ4v) is 3.10. The van der Waals surface area contributed by atoms with Gasteiger partial charge in [0, 0.05) is 5.39 Å². The molecule has 0 aliphatic rings. The van der Waals surface area contributed by atoms with Crippen LogP contribution in [0.1, 0.15) is 30.5 Å². The molecule has 0 bridgehead atoms. The highest BCUT2D eigenvalue weighted by Gasteiger charge is 2.15. The van der Waals surface area contributed by atoms with Gasteiger partial charge in [0.2, 0.25) is 5.89 Å². The van der Waals surface area contributed by atoms with E-state index >= 15 is 0 Å². The zero-order valence-corrected chi connectivity index (χ0v) is 14.9. The van der Waals surface area contributed by atoms with Crippen molar-refractivity contribution >= 4 is 27.7 Å². The Balaban J connectivity index is 1.90. The van der Waals surface area contributed by atoms with Gasteiger partial charge >= 0.3 is 0 Å². The average molecular weight is 345 g/mol. The van der Waals surface area contributed by atoms with Crippen LogP contribution in [0, 0.1) is 6.92 Å². The summed E-state index contributed by atoms with van der Waals surface area (Å²) in [5, 5.41) is 13.3. The molecule has 0 saturated carbocycles. The Bertz CT molecular complexity index is 1160. The summed E-state index contributed by atoms with van der Waals surface area (Å²) < 4.78 is 5.95. The lowest BCUT2D eigenvalue weighted by Crippen LogP contribution is -1.97. The van der Waals surface area contributed by atoms with Crippen LogP contribution in [0.2, 0.25) is 0 Å². The second-order valence-corrected chi connectivity index (χ2v) is 6.43. The summed E-state index contributed by atoms with van der Waals surface area (Å²) in [7, 11) is 0. The Labute approximate surface area is 151 Å². The summed E-state index contributed by atoms with van der Waals surface area (Å²) in [5.41, 5.74) is 6.88. The van der Waals surface area contributed by atoms with E-state index in [1.807, 2.05) is 43.3 Å². The fourth-order valence-electron chi connectivity index (χ4n) is 3.10. The molecule has 0 radical (unpaired) electrons. The molecule has 0 amide bonds. The fraction of sp³-hybridized carbons (Fsp3) is 0.190. The van der Waals surface area contributed by atoms with E-state index in [-0.39, 0.29) is 0 Å². The number of pyridine rings is 1. The molecular formula is C21H19N3O2. The maximum absolute atomic E-state index is 8.99. The average Bonchev–Trinajstić information content (AvgIpc) is 3.08. The molecule has 5 heteroatoms. The second-order valence-electron chi connectivity index (χ2n) is 6.43. The summed E-state index contributed by atoms with van der Waals surface area (Å²) in [6, 6.07) is 13.9.